The zero-order valence-corrected chi connectivity index (χ0v) is 9.76. The Kier molecular flexibility index (Phi) is 2.61. The number of aliphatic hydroxyl groups excluding tert-OH is 1. The number of rotatable bonds is 4. The molecule has 4 nitrogen and oxygen atoms in total. The number of nitrogens with zero attached hydrogens (tertiary/aromatic N) is 2. The minimum absolute atomic E-state index is 0.161. The average Bonchev–Trinajstić information content (AvgIpc) is 3.09. The summed E-state index contributed by atoms with van der Waals surface area (Å²) in [6, 6.07) is 2.19. The Morgan fingerprint density at radius 1 is 1.41 bits per heavy atom. The second-order valence-corrected chi connectivity index (χ2v) is 4.71. The largest absolute Gasteiger partial charge is 0.396 e. The highest BCUT2D eigenvalue weighted by molar-refractivity contribution is 5.51. The Morgan fingerprint density at radius 2 is 2.24 bits per heavy atom. The van der Waals surface area contributed by atoms with Gasteiger partial charge in [0.1, 0.15) is 5.65 Å². The maximum Gasteiger partial charge on any atom is 0.140 e. The first kappa shape index (κ1) is 10.7. The molecule has 0 spiro atoms. The molecule has 0 bridgehead atoms. The summed E-state index contributed by atoms with van der Waals surface area (Å²) in [5.74, 6) is 0.709. The molecule has 0 atom stereocenters. The molecule has 0 amide bonds. The number of pyridine rings is 1. The highest BCUT2D eigenvalue weighted by Crippen LogP contribution is 2.40. The Bertz CT molecular complexity index is 543. The first-order valence-corrected chi connectivity index (χ1v) is 6.13. The molecular weight excluding hydrogens is 214 g/mol. The molecule has 2 aromatic rings. The molecule has 0 saturated heterocycles. The zero-order chi connectivity index (χ0) is 11.8. The predicted molar refractivity (Wildman–Crippen MR) is 65.8 cm³/mol. The lowest BCUT2D eigenvalue weighted by atomic mass is 10.1. The Balaban J connectivity index is 2.14. The van der Waals surface area contributed by atoms with Crippen molar-refractivity contribution in [2.45, 2.75) is 31.7 Å². The van der Waals surface area contributed by atoms with Crippen LogP contribution in [0.3, 0.4) is 0 Å². The van der Waals surface area contributed by atoms with Crippen LogP contribution in [0.1, 0.15) is 35.6 Å². The van der Waals surface area contributed by atoms with E-state index in [1.54, 1.807) is 0 Å². The molecule has 0 aliphatic heterocycles. The lowest BCUT2D eigenvalue weighted by molar-refractivity contribution is 0.300. The molecule has 1 aliphatic rings. The highest BCUT2D eigenvalue weighted by atomic mass is 16.2. The van der Waals surface area contributed by atoms with Crippen LogP contribution < -0.4 is 5.73 Å². The summed E-state index contributed by atoms with van der Waals surface area (Å²) >= 11 is 0. The average molecular weight is 231 g/mol. The van der Waals surface area contributed by atoms with E-state index in [0.29, 0.717) is 18.9 Å². The van der Waals surface area contributed by atoms with Gasteiger partial charge in [-0.05, 0) is 36.3 Å². The van der Waals surface area contributed by atoms with Gasteiger partial charge >= 0.3 is 0 Å². The molecule has 90 valence electrons. The Hall–Kier alpha value is -1.39. The normalized spacial score (nSPS) is 15.6. The van der Waals surface area contributed by atoms with Gasteiger partial charge in [0.2, 0.25) is 0 Å². The van der Waals surface area contributed by atoms with E-state index in [9.17, 15) is 0 Å². The van der Waals surface area contributed by atoms with E-state index in [1.165, 1.54) is 18.4 Å². The van der Waals surface area contributed by atoms with E-state index in [1.807, 2.05) is 6.20 Å². The minimum atomic E-state index is 0.161. The van der Waals surface area contributed by atoms with Crippen LogP contribution in [0.2, 0.25) is 0 Å². The summed E-state index contributed by atoms with van der Waals surface area (Å²) in [6.45, 7) is 0.619. The van der Waals surface area contributed by atoms with Crippen LogP contribution in [-0.4, -0.2) is 21.1 Å². The van der Waals surface area contributed by atoms with Crippen molar-refractivity contribution in [1.29, 1.82) is 0 Å². The molecule has 3 N–H and O–H groups in total. The number of imidazole rings is 1. The van der Waals surface area contributed by atoms with Crippen molar-refractivity contribution in [2.75, 3.05) is 6.61 Å². The van der Waals surface area contributed by atoms with Crippen molar-refractivity contribution < 1.29 is 5.11 Å². The summed E-state index contributed by atoms with van der Waals surface area (Å²) in [5.41, 5.74) is 9.94. The SMILES string of the molecule is NCc1cn2cc(C3CC3)cc(CCO)c2n1. The van der Waals surface area contributed by atoms with Crippen molar-refractivity contribution in [1.82, 2.24) is 9.38 Å². The van der Waals surface area contributed by atoms with Crippen LogP contribution in [-0.2, 0) is 13.0 Å². The third-order valence-corrected chi connectivity index (χ3v) is 3.34. The van der Waals surface area contributed by atoms with Gasteiger partial charge in [-0.15, -0.1) is 0 Å². The van der Waals surface area contributed by atoms with Crippen LogP contribution in [0.25, 0.3) is 5.65 Å². The monoisotopic (exact) mass is 231 g/mol. The van der Waals surface area contributed by atoms with E-state index in [2.05, 4.69) is 21.6 Å². The standard InChI is InChI=1S/C13H17N3O/c14-6-12-8-16-7-11(9-1-2-9)5-10(3-4-17)13(16)15-12/h5,7-9,17H,1-4,6,14H2. The molecule has 3 rings (SSSR count). The van der Waals surface area contributed by atoms with E-state index in [0.717, 1.165) is 16.9 Å². The van der Waals surface area contributed by atoms with Crippen LogP contribution in [0.4, 0.5) is 0 Å². The lowest BCUT2D eigenvalue weighted by Crippen LogP contribution is -1.98. The maximum absolute atomic E-state index is 9.13. The third-order valence-electron chi connectivity index (χ3n) is 3.34. The van der Waals surface area contributed by atoms with Gasteiger partial charge in [-0.3, -0.25) is 0 Å². The first-order chi connectivity index (χ1) is 8.31. The molecule has 2 aromatic heterocycles. The van der Waals surface area contributed by atoms with E-state index in [-0.39, 0.29) is 6.61 Å². The summed E-state index contributed by atoms with van der Waals surface area (Å²) in [4.78, 5) is 4.50. The quantitative estimate of drug-likeness (QED) is 0.831. The molecule has 0 unspecified atom stereocenters. The summed E-state index contributed by atoms with van der Waals surface area (Å²) in [6.07, 6.45) is 7.36. The van der Waals surface area contributed by atoms with Gasteiger partial charge in [0.05, 0.1) is 5.69 Å². The second-order valence-electron chi connectivity index (χ2n) is 4.71. The molecule has 2 heterocycles. The van der Waals surface area contributed by atoms with Gasteiger partial charge in [-0.2, -0.15) is 0 Å². The van der Waals surface area contributed by atoms with Crippen molar-refractivity contribution in [2.24, 2.45) is 5.73 Å². The number of nitrogens with two attached hydrogens (primary N) is 1. The zero-order valence-electron chi connectivity index (χ0n) is 9.76. The van der Waals surface area contributed by atoms with Gasteiger partial charge < -0.3 is 15.2 Å². The van der Waals surface area contributed by atoms with Gasteiger partial charge in [0, 0.05) is 25.5 Å². The molecule has 1 aliphatic carbocycles. The number of hydrogen-bond acceptors (Lipinski definition) is 3. The van der Waals surface area contributed by atoms with Crippen molar-refractivity contribution in [3.63, 3.8) is 0 Å². The smallest absolute Gasteiger partial charge is 0.140 e. The second kappa shape index (κ2) is 4.13. The molecule has 1 saturated carbocycles. The van der Waals surface area contributed by atoms with Crippen LogP contribution >= 0.6 is 0 Å². The van der Waals surface area contributed by atoms with Gasteiger partial charge in [0.25, 0.3) is 0 Å². The Morgan fingerprint density at radius 3 is 2.88 bits per heavy atom. The fourth-order valence-corrected chi connectivity index (χ4v) is 2.29. The summed E-state index contributed by atoms with van der Waals surface area (Å²) in [7, 11) is 0. The van der Waals surface area contributed by atoms with E-state index < -0.39 is 0 Å². The lowest BCUT2D eigenvalue weighted by Gasteiger charge is -2.06. The molecule has 0 radical (unpaired) electrons. The summed E-state index contributed by atoms with van der Waals surface area (Å²) in [5, 5.41) is 9.13. The van der Waals surface area contributed by atoms with E-state index >= 15 is 0 Å². The van der Waals surface area contributed by atoms with Crippen LogP contribution in [0.5, 0.6) is 0 Å². The molecule has 4 heteroatoms. The number of aromatic nitrogens is 2. The molecule has 17 heavy (non-hydrogen) atoms. The summed E-state index contributed by atoms with van der Waals surface area (Å²) < 4.78 is 2.06. The first-order valence-electron chi connectivity index (χ1n) is 6.13. The molecule has 0 aromatic carbocycles. The molecular formula is C13H17N3O. The highest BCUT2D eigenvalue weighted by Gasteiger charge is 2.24. The van der Waals surface area contributed by atoms with Crippen molar-refractivity contribution in [3.05, 3.63) is 35.3 Å². The topological polar surface area (TPSA) is 63.5 Å². The third kappa shape index (κ3) is 1.94. The fourth-order valence-electron chi connectivity index (χ4n) is 2.29. The predicted octanol–water partition coefficient (Wildman–Crippen LogP) is 1.21. The van der Waals surface area contributed by atoms with Crippen LogP contribution in [0.15, 0.2) is 18.5 Å². The fraction of sp³-hybridized carbons (Fsp3) is 0.462. The maximum atomic E-state index is 9.13. The number of aliphatic hydroxyl groups is 1. The van der Waals surface area contributed by atoms with Gasteiger partial charge in [0.15, 0.2) is 0 Å². The number of hydrogen-bond donors (Lipinski definition) is 2. The van der Waals surface area contributed by atoms with Crippen LogP contribution in [0, 0.1) is 0 Å². The van der Waals surface area contributed by atoms with Crippen molar-refractivity contribution >= 4 is 5.65 Å². The van der Waals surface area contributed by atoms with E-state index in [4.69, 9.17) is 10.8 Å². The molecule has 1 fully saturated rings. The Labute approximate surface area is 100 Å². The van der Waals surface area contributed by atoms with Crippen molar-refractivity contribution in [3.8, 4) is 0 Å². The van der Waals surface area contributed by atoms with Gasteiger partial charge in [-0.1, -0.05) is 6.07 Å². The number of fused-ring (bicyclic) bond motifs is 1. The van der Waals surface area contributed by atoms with Gasteiger partial charge in [-0.25, -0.2) is 4.98 Å². The minimum Gasteiger partial charge on any atom is -0.396 e.